The second kappa shape index (κ2) is 6.12. The number of fused-ring (bicyclic) bond motifs is 1. The number of halogens is 1. The third kappa shape index (κ3) is 3.02. The lowest BCUT2D eigenvalue weighted by Gasteiger charge is -2.34. The first-order valence-electron chi connectivity index (χ1n) is 7.45. The van der Waals surface area contributed by atoms with Gasteiger partial charge in [0.2, 0.25) is 5.91 Å². The van der Waals surface area contributed by atoms with Crippen LogP contribution in [0.1, 0.15) is 42.9 Å². The molecule has 6 nitrogen and oxygen atoms in total. The number of rotatable bonds is 3. The number of hydrogen-bond acceptors (Lipinski definition) is 4. The van der Waals surface area contributed by atoms with Crippen LogP contribution in [0, 0.1) is 0 Å². The van der Waals surface area contributed by atoms with E-state index in [-0.39, 0.29) is 17.9 Å². The van der Waals surface area contributed by atoms with Gasteiger partial charge in [-0.15, -0.1) is 0 Å². The van der Waals surface area contributed by atoms with E-state index in [4.69, 9.17) is 22.1 Å². The molecule has 1 aliphatic heterocycles. The smallest absolute Gasteiger partial charge is 0.404 e. The van der Waals surface area contributed by atoms with Crippen LogP contribution in [-0.2, 0) is 16.0 Å². The number of amides is 2. The maximum Gasteiger partial charge on any atom is 0.404 e. The van der Waals surface area contributed by atoms with Crippen molar-refractivity contribution in [3.63, 3.8) is 0 Å². The molecule has 7 heteroatoms. The summed E-state index contributed by atoms with van der Waals surface area (Å²) in [5.74, 6) is -0.0437. The maximum absolute atomic E-state index is 11.5. The first kappa shape index (κ1) is 15.1. The molecule has 2 amide bonds. The number of aryl methyl sites for hydroxylation is 1. The normalized spacial score (nSPS) is 25.2. The Hall–Kier alpha value is -1.82. The molecule has 1 aromatic heterocycles. The zero-order valence-electron chi connectivity index (χ0n) is 12.0. The Kier molecular flexibility index (Phi) is 4.20. The van der Waals surface area contributed by atoms with E-state index in [1.165, 1.54) is 0 Å². The van der Waals surface area contributed by atoms with Gasteiger partial charge in [0.15, 0.2) is 0 Å². The molecule has 3 rings (SSSR count). The molecule has 0 spiro atoms. The Morgan fingerprint density at radius 3 is 2.91 bits per heavy atom. The van der Waals surface area contributed by atoms with E-state index in [2.05, 4.69) is 10.3 Å². The second-order valence-corrected chi connectivity index (χ2v) is 6.17. The van der Waals surface area contributed by atoms with Crippen molar-refractivity contribution in [2.75, 3.05) is 0 Å². The van der Waals surface area contributed by atoms with Crippen molar-refractivity contribution in [1.29, 1.82) is 0 Å². The summed E-state index contributed by atoms with van der Waals surface area (Å²) in [5.41, 5.74) is 7.20. The highest BCUT2D eigenvalue weighted by molar-refractivity contribution is 6.29. The van der Waals surface area contributed by atoms with Gasteiger partial charge in [-0.3, -0.25) is 4.79 Å². The van der Waals surface area contributed by atoms with Crippen molar-refractivity contribution in [2.24, 2.45) is 5.73 Å². The van der Waals surface area contributed by atoms with Crippen LogP contribution < -0.4 is 11.1 Å². The predicted octanol–water partition coefficient (Wildman–Crippen LogP) is 1.90. The fourth-order valence-corrected chi connectivity index (χ4v) is 3.64. The van der Waals surface area contributed by atoms with Gasteiger partial charge in [-0.05, 0) is 37.3 Å². The standard InChI is InChI=1S/C15H18ClN3O3/c16-12-6-4-8-9(2-1-3-10(8)18-12)14(22-15(17)21)11-5-7-13(20)19-11/h4,6,9,11,14H,1-3,5,7H2,(H2,17,21)(H,19,20)/t9-,11-,14?/m0/s1. The summed E-state index contributed by atoms with van der Waals surface area (Å²) < 4.78 is 5.37. The molecule has 0 aromatic carbocycles. The molecule has 1 aliphatic carbocycles. The average molecular weight is 324 g/mol. The number of nitrogens with two attached hydrogens (primary N) is 1. The molecular formula is C15H18ClN3O3. The van der Waals surface area contributed by atoms with Gasteiger partial charge in [0, 0.05) is 18.0 Å². The molecule has 118 valence electrons. The molecule has 3 atom stereocenters. The number of nitrogens with one attached hydrogen (secondary N) is 1. The van der Waals surface area contributed by atoms with Crippen LogP contribution in [0.5, 0.6) is 0 Å². The molecule has 1 saturated heterocycles. The Balaban J connectivity index is 1.91. The molecule has 2 heterocycles. The molecule has 1 aromatic rings. The van der Waals surface area contributed by atoms with E-state index >= 15 is 0 Å². The van der Waals surface area contributed by atoms with Crippen LogP contribution >= 0.6 is 11.6 Å². The van der Waals surface area contributed by atoms with Crippen molar-refractivity contribution >= 4 is 23.6 Å². The summed E-state index contributed by atoms with van der Waals surface area (Å²) in [6.45, 7) is 0. The van der Waals surface area contributed by atoms with E-state index in [9.17, 15) is 9.59 Å². The number of carbonyl (C=O) groups excluding carboxylic acids is 2. The molecule has 0 saturated carbocycles. The van der Waals surface area contributed by atoms with E-state index in [0.29, 0.717) is 18.0 Å². The van der Waals surface area contributed by atoms with Gasteiger partial charge in [-0.1, -0.05) is 17.7 Å². The highest BCUT2D eigenvalue weighted by Gasteiger charge is 2.39. The van der Waals surface area contributed by atoms with E-state index in [1.54, 1.807) is 6.07 Å². The van der Waals surface area contributed by atoms with Gasteiger partial charge in [0.25, 0.3) is 0 Å². The second-order valence-electron chi connectivity index (χ2n) is 5.78. The summed E-state index contributed by atoms with van der Waals surface area (Å²) in [4.78, 5) is 27.2. The summed E-state index contributed by atoms with van der Waals surface area (Å²) in [6, 6.07) is 3.47. The van der Waals surface area contributed by atoms with Crippen molar-refractivity contribution < 1.29 is 14.3 Å². The minimum atomic E-state index is -0.819. The number of carbonyl (C=O) groups is 2. The number of ether oxygens (including phenoxy) is 1. The summed E-state index contributed by atoms with van der Waals surface area (Å²) >= 11 is 5.96. The van der Waals surface area contributed by atoms with Crippen LogP contribution in [-0.4, -0.2) is 29.1 Å². The van der Waals surface area contributed by atoms with Crippen molar-refractivity contribution in [1.82, 2.24) is 10.3 Å². The van der Waals surface area contributed by atoms with Gasteiger partial charge in [-0.25, -0.2) is 9.78 Å². The van der Waals surface area contributed by atoms with Crippen LogP contribution in [0.4, 0.5) is 4.79 Å². The third-order valence-corrected chi connectivity index (χ3v) is 4.59. The molecule has 22 heavy (non-hydrogen) atoms. The van der Waals surface area contributed by atoms with Crippen LogP contribution in [0.3, 0.4) is 0 Å². The molecular weight excluding hydrogens is 306 g/mol. The summed E-state index contributed by atoms with van der Waals surface area (Å²) in [6.07, 6.45) is 2.45. The molecule has 0 radical (unpaired) electrons. The number of pyridine rings is 1. The van der Waals surface area contributed by atoms with Gasteiger partial charge < -0.3 is 15.8 Å². The SMILES string of the molecule is NC(=O)OC([C@@H]1CCC(=O)N1)[C@H]1CCCc2nc(Cl)ccc21. The molecule has 2 aliphatic rings. The first-order valence-corrected chi connectivity index (χ1v) is 7.83. The number of nitrogens with zero attached hydrogens (tertiary/aromatic N) is 1. The highest BCUT2D eigenvalue weighted by Crippen LogP contribution is 2.37. The average Bonchev–Trinajstić information content (AvgIpc) is 2.90. The zero-order valence-corrected chi connectivity index (χ0v) is 12.8. The number of hydrogen-bond donors (Lipinski definition) is 2. The fraction of sp³-hybridized carbons (Fsp3) is 0.533. The van der Waals surface area contributed by atoms with Gasteiger partial charge in [0.05, 0.1) is 6.04 Å². The molecule has 3 N–H and O–H groups in total. The van der Waals surface area contributed by atoms with Gasteiger partial charge in [0.1, 0.15) is 11.3 Å². The lowest BCUT2D eigenvalue weighted by molar-refractivity contribution is -0.119. The Morgan fingerprint density at radius 2 is 2.23 bits per heavy atom. The monoisotopic (exact) mass is 323 g/mol. The number of aromatic nitrogens is 1. The Bertz CT molecular complexity index is 608. The van der Waals surface area contributed by atoms with Crippen LogP contribution in [0.25, 0.3) is 0 Å². The van der Waals surface area contributed by atoms with Crippen LogP contribution in [0.15, 0.2) is 12.1 Å². The first-order chi connectivity index (χ1) is 10.5. The molecule has 1 fully saturated rings. The lowest BCUT2D eigenvalue weighted by atomic mass is 9.79. The predicted molar refractivity (Wildman–Crippen MR) is 80.5 cm³/mol. The van der Waals surface area contributed by atoms with Gasteiger partial charge >= 0.3 is 6.09 Å². The Morgan fingerprint density at radius 1 is 1.41 bits per heavy atom. The van der Waals surface area contributed by atoms with E-state index in [1.807, 2.05) is 6.07 Å². The largest absolute Gasteiger partial charge is 0.444 e. The number of primary amides is 1. The van der Waals surface area contributed by atoms with Crippen molar-refractivity contribution in [3.8, 4) is 0 Å². The Labute approximate surface area is 133 Å². The topological polar surface area (TPSA) is 94.3 Å². The van der Waals surface area contributed by atoms with Crippen molar-refractivity contribution in [3.05, 3.63) is 28.5 Å². The quantitative estimate of drug-likeness (QED) is 0.831. The maximum atomic E-state index is 11.5. The minimum Gasteiger partial charge on any atom is -0.444 e. The molecule has 0 bridgehead atoms. The lowest BCUT2D eigenvalue weighted by Crippen LogP contribution is -2.45. The highest BCUT2D eigenvalue weighted by atomic mass is 35.5. The van der Waals surface area contributed by atoms with Crippen LogP contribution in [0.2, 0.25) is 5.15 Å². The third-order valence-electron chi connectivity index (χ3n) is 4.38. The summed E-state index contributed by atoms with van der Waals surface area (Å²) in [5, 5.41) is 3.34. The zero-order chi connectivity index (χ0) is 15.7. The summed E-state index contributed by atoms with van der Waals surface area (Å²) in [7, 11) is 0. The fourth-order valence-electron chi connectivity index (χ4n) is 3.47. The minimum absolute atomic E-state index is 0.0201. The van der Waals surface area contributed by atoms with E-state index in [0.717, 1.165) is 30.5 Å². The van der Waals surface area contributed by atoms with Crippen molar-refractivity contribution in [2.45, 2.75) is 50.2 Å². The molecule has 1 unspecified atom stereocenters. The van der Waals surface area contributed by atoms with Gasteiger partial charge in [-0.2, -0.15) is 0 Å². The van der Waals surface area contributed by atoms with E-state index < -0.39 is 12.2 Å².